The van der Waals surface area contributed by atoms with Gasteiger partial charge in [0.25, 0.3) is 0 Å². The van der Waals surface area contributed by atoms with Gasteiger partial charge in [-0.05, 0) is 31.8 Å². The largest absolute Gasteiger partial charge is 0.316 e. The second-order valence-electron chi connectivity index (χ2n) is 5.08. The third kappa shape index (κ3) is 12.5. The molecule has 17 heavy (non-hydrogen) atoms. The van der Waals surface area contributed by atoms with Gasteiger partial charge < -0.3 is 5.32 Å². The van der Waals surface area contributed by atoms with Crippen LogP contribution in [0.5, 0.6) is 0 Å². The Labute approximate surface area is 114 Å². The molecule has 1 nitrogen and oxygen atoms in total. The lowest BCUT2D eigenvalue weighted by molar-refractivity contribution is 0.445. The molecule has 1 atom stereocenters. The lowest BCUT2D eigenvalue weighted by atomic mass is 10.0. The molecule has 1 N–H and O–H groups in total. The van der Waals surface area contributed by atoms with Crippen molar-refractivity contribution in [2.75, 3.05) is 19.0 Å². The Kier molecular flexibility index (Phi) is 14.5. The summed E-state index contributed by atoms with van der Waals surface area (Å²) in [5.74, 6) is 1.58. The number of halogens is 1. The van der Waals surface area contributed by atoms with Crippen LogP contribution in [-0.2, 0) is 0 Å². The summed E-state index contributed by atoms with van der Waals surface area (Å²) in [6.07, 6.45) is 12.2. The summed E-state index contributed by atoms with van der Waals surface area (Å²) in [6, 6.07) is 0. The first-order chi connectivity index (χ1) is 8.35. The van der Waals surface area contributed by atoms with Gasteiger partial charge in [0.05, 0.1) is 0 Å². The van der Waals surface area contributed by atoms with E-state index in [0.29, 0.717) is 0 Å². The van der Waals surface area contributed by atoms with Crippen LogP contribution < -0.4 is 5.32 Å². The van der Waals surface area contributed by atoms with E-state index in [1.54, 1.807) is 0 Å². The Morgan fingerprint density at radius 3 is 2.18 bits per heavy atom. The minimum Gasteiger partial charge on any atom is -0.316 e. The molecule has 0 amide bonds. The molecule has 0 aromatic heterocycles. The monoisotopic (exact) mass is 261 g/mol. The molecule has 0 aliphatic rings. The summed E-state index contributed by atoms with van der Waals surface area (Å²) in [7, 11) is 0. The molecular formula is C15H32ClN. The van der Waals surface area contributed by atoms with Gasteiger partial charge in [-0.2, -0.15) is 0 Å². The molecule has 0 radical (unpaired) electrons. The van der Waals surface area contributed by atoms with Crippen molar-refractivity contribution in [3.05, 3.63) is 0 Å². The molecule has 0 rings (SSSR count). The molecule has 0 aliphatic heterocycles. The highest BCUT2D eigenvalue weighted by Crippen LogP contribution is 2.08. The van der Waals surface area contributed by atoms with Crippen LogP contribution >= 0.6 is 11.6 Å². The van der Waals surface area contributed by atoms with Crippen molar-refractivity contribution in [1.82, 2.24) is 5.32 Å². The summed E-state index contributed by atoms with van der Waals surface area (Å²) in [4.78, 5) is 0. The van der Waals surface area contributed by atoms with Crippen LogP contribution in [0.1, 0.15) is 71.6 Å². The number of rotatable bonds is 13. The van der Waals surface area contributed by atoms with Crippen molar-refractivity contribution in [2.24, 2.45) is 5.92 Å². The third-order valence-electron chi connectivity index (χ3n) is 3.48. The van der Waals surface area contributed by atoms with Gasteiger partial charge in [-0.25, -0.2) is 0 Å². The fourth-order valence-corrected chi connectivity index (χ4v) is 2.43. The van der Waals surface area contributed by atoms with E-state index in [4.69, 9.17) is 11.6 Å². The lowest BCUT2D eigenvalue weighted by Crippen LogP contribution is -2.23. The molecular weight excluding hydrogens is 230 g/mol. The Balaban J connectivity index is 3.11. The smallest absolute Gasteiger partial charge is 0.0226 e. The first kappa shape index (κ1) is 17.2. The quantitative estimate of drug-likeness (QED) is 0.364. The number of nitrogens with one attached hydrogen (secondary N) is 1. The third-order valence-corrected chi connectivity index (χ3v) is 3.70. The predicted octanol–water partition coefficient (Wildman–Crippen LogP) is 4.98. The average Bonchev–Trinajstić information content (AvgIpc) is 2.35. The van der Waals surface area contributed by atoms with E-state index in [0.717, 1.165) is 24.8 Å². The topological polar surface area (TPSA) is 12.0 Å². The van der Waals surface area contributed by atoms with E-state index in [-0.39, 0.29) is 0 Å². The molecule has 0 aromatic carbocycles. The predicted molar refractivity (Wildman–Crippen MR) is 80.0 cm³/mol. The number of unbranched alkanes of at least 4 members (excludes halogenated alkanes) is 6. The van der Waals surface area contributed by atoms with Crippen LogP contribution in [0, 0.1) is 5.92 Å². The summed E-state index contributed by atoms with van der Waals surface area (Å²) in [5.41, 5.74) is 0. The van der Waals surface area contributed by atoms with Gasteiger partial charge >= 0.3 is 0 Å². The normalized spacial score (nSPS) is 12.9. The van der Waals surface area contributed by atoms with Gasteiger partial charge in [0.2, 0.25) is 0 Å². The Morgan fingerprint density at radius 1 is 0.941 bits per heavy atom. The van der Waals surface area contributed by atoms with Gasteiger partial charge in [0.15, 0.2) is 0 Å². The number of alkyl halides is 1. The second kappa shape index (κ2) is 14.3. The van der Waals surface area contributed by atoms with Crippen molar-refractivity contribution in [2.45, 2.75) is 71.6 Å². The molecule has 0 fully saturated rings. The maximum absolute atomic E-state index is 5.77. The van der Waals surface area contributed by atoms with Crippen LogP contribution in [-0.4, -0.2) is 19.0 Å². The zero-order valence-corrected chi connectivity index (χ0v) is 12.7. The summed E-state index contributed by atoms with van der Waals surface area (Å²) in [6.45, 7) is 6.87. The van der Waals surface area contributed by atoms with Gasteiger partial charge in [-0.15, -0.1) is 11.6 Å². The number of hydrogen-bond acceptors (Lipinski definition) is 1. The van der Waals surface area contributed by atoms with Crippen molar-refractivity contribution >= 4 is 11.6 Å². The van der Waals surface area contributed by atoms with Crippen LogP contribution in [0.15, 0.2) is 0 Å². The van der Waals surface area contributed by atoms with E-state index in [9.17, 15) is 0 Å². The standard InChI is InChI=1S/C15H32ClN/c1-3-5-6-7-8-9-10-13-17-14-15(4-2)11-12-16/h15,17H,3-14H2,1-2H3. The molecule has 0 aromatic rings. The van der Waals surface area contributed by atoms with E-state index in [2.05, 4.69) is 19.2 Å². The van der Waals surface area contributed by atoms with E-state index in [1.807, 2.05) is 0 Å². The maximum atomic E-state index is 5.77. The van der Waals surface area contributed by atoms with Gasteiger partial charge in [-0.1, -0.05) is 58.8 Å². The van der Waals surface area contributed by atoms with E-state index < -0.39 is 0 Å². The van der Waals surface area contributed by atoms with Crippen molar-refractivity contribution in [1.29, 1.82) is 0 Å². The van der Waals surface area contributed by atoms with E-state index >= 15 is 0 Å². The highest BCUT2D eigenvalue weighted by molar-refractivity contribution is 6.17. The first-order valence-corrected chi connectivity index (χ1v) is 8.15. The first-order valence-electron chi connectivity index (χ1n) is 7.61. The van der Waals surface area contributed by atoms with Gasteiger partial charge in [0.1, 0.15) is 0 Å². The SMILES string of the molecule is CCCCCCCCCNCC(CC)CCCl. The zero-order chi connectivity index (χ0) is 12.8. The minimum absolute atomic E-state index is 0.775. The Hall–Kier alpha value is 0.250. The highest BCUT2D eigenvalue weighted by atomic mass is 35.5. The Bertz CT molecular complexity index is 139. The van der Waals surface area contributed by atoms with Crippen molar-refractivity contribution in [3.8, 4) is 0 Å². The molecule has 104 valence electrons. The van der Waals surface area contributed by atoms with Crippen LogP contribution in [0.25, 0.3) is 0 Å². The van der Waals surface area contributed by atoms with Crippen molar-refractivity contribution in [3.63, 3.8) is 0 Å². The molecule has 0 saturated heterocycles. The molecule has 0 spiro atoms. The lowest BCUT2D eigenvalue weighted by Gasteiger charge is -2.13. The maximum Gasteiger partial charge on any atom is 0.0226 e. The van der Waals surface area contributed by atoms with Crippen LogP contribution in [0.3, 0.4) is 0 Å². The summed E-state index contributed by atoms with van der Waals surface area (Å²) >= 11 is 5.77. The van der Waals surface area contributed by atoms with Crippen LogP contribution in [0.2, 0.25) is 0 Å². The van der Waals surface area contributed by atoms with Crippen molar-refractivity contribution < 1.29 is 0 Å². The molecule has 2 heteroatoms. The molecule has 0 saturated carbocycles. The highest BCUT2D eigenvalue weighted by Gasteiger charge is 2.03. The average molecular weight is 262 g/mol. The minimum atomic E-state index is 0.775. The van der Waals surface area contributed by atoms with E-state index in [1.165, 1.54) is 57.9 Å². The van der Waals surface area contributed by atoms with Crippen LogP contribution in [0.4, 0.5) is 0 Å². The summed E-state index contributed by atoms with van der Waals surface area (Å²) in [5, 5.41) is 3.56. The van der Waals surface area contributed by atoms with Gasteiger partial charge in [-0.3, -0.25) is 0 Å². The summed E-state index contributed by atoms with van der Waals surface area (Å²) < 4.78 is 0. The molecule has 0 bridgehead atoms. The molecule has 1 unspecified atom stereocenters. The fourth-order valence-electron chi connectivity index (χ4n) is 2.12. The number of hydrogen-bond donors (Lipinski definition) is 1. The zero-order valence-electron chi connectivity index (χ0n) is 11.9. The molecule has 0 aliphatic carbocycles. The molecule has 0 heterocycles. The Morgan fingerprint density at radius 2 is 1.59 bits per heavy atom. The van der Waals surface area contributed by atoms with Gasteiger partial charge in [0, 0.05) is 5.88 Å². The fraction of sp³-hybridized carbons (Fsp3) is 1.00. The second-order valence-corrected chi connectivity index (χ2v) is 5.46.